The molecule has 0 saturated carbocycles. The van der Waals surface area contributed by atoms with Gasteiger partial charge in [-0.1, -0.05) is 17.7 Å². The minimum absolute atomic E-state index is 0.0427. The second-order valence-electron chi connectivity index (χ2n) is 5.31. The molecule has 0 aliphatic carbocycles. The minimum atomic E-state index is -3.95. The number of benzene rings is 1. The van der Waals surface area contributed by atoms with Crippen molar-refractivity contribution in [1.82, 2.24) is 4.90 Å². The third kappa shape index (κ3) is 3.36. The Labute approximate surface area is 146 Å². The smallest absolute Gasteiger partial charge is 0.311 e. The van der Waals surface area contributed by atoms with Crippen LogP contribution in [0, 0.1) is 0 Å². The van der Waals surface area contributed by atoms with Crippen LogP contribution in [0.2, 0.25) is 5.02 Å². The lowest BCUT2D eigenvalue weighted by molar-refractivity contribution is -0.523. The number of amidine groups is 1. The molecule has 128 valence electrons. The second kappa shape index (κ2) is 6.60. The van der Waals surface area contributed by atoms with E-state index < -0.39 is 15.7 Å². The van der Waals surface area contributed by atoms with E-state index in [0.717, 1.165) is 18.3 Å². The number of hydrogen-bond donors (Lipinski definition) is 2. The molecule has 1 aliphatic heterocycles. The van der Waals surface area contributed by atoms with Gasteiger partial charge in [0.05, 0.1) is 30.9 Å². The summed E-state index contributed by atoms with van der Waals surface area (Å²) in [5.41, 5.74) is -0.866. The highest BCUT2D eigenvalue weighted by Crippen LogP contribution is 2.39. The predicted molar refractivity (Wildman–Crippen MR) is 93.3 cm³/mol. The topological polar surface area (TPSA) is 86.6 Å². The first-order valence-corrected chi connectivity index (χ1v) is 10.1. The fourth-order valence-corrected chi connectivity index (χ4v) is 5.11. The standard InChI is InChI=1S/C14H21ClN3O3S2/c1-4-18(5-2)13-17(3)14(19,9-22-13)10-6-7-11(15)12(8-10)23(16,20)21/h6-8,19H,4-5,9H2,1-3H3,(H2,16,20,21)/q+1. The molecule has 2 rings (SSSR count). The largest absolute Gasteiger partial charge is 0.349 e. The molecule has 1 aliphatic rings. The van der Waals surface area contributed by atoms with E-state index in [1.165, 1.54) is 23.9 Å². The van der Waals surface area contributed by atoms with Crippen LogP contribution in [0.15, 0.2) is 23.1 Å². The average molecular weight is 379 g/mol. The van der Waals surface area contributed by atoms with Gasteiger partial charge in [0.15, 0.2) is 0 Å². The molecule has 0 radical (unpaired) electrons. The van der Waals surface area contributed by atoms with E-state index in [-0.39, 0.29) is 9.92 Å². The lowest BCUT2D eigenvalue weighted by Gasteiger charge is -2.26. The van der Waals surface area contributed by atoms with Crippen LogP contribution < -0.4 is 5.14 Å². The van der Waals surface area contributed by atoms with Crippen molar-refractivity contribution < 1.29 is 18.1 Å². The van der Waals surface area contributed by atoms with Crippen molar-refractivity contribution in [1.29, 1.82) is 0 Å². The lowest BCUT2D eigenvalue weighted by Crippen LogP contribution is -2.44. The van der Waals surface area contributed by atoms with Crippen LogP contribution in [-0.2, 0) is 15.7 Å². The Morgan fingerprint density at radius 3 is 2.57 bits per heavy atom. The van der Waals surface area contributed by atoms with Crippen molar-refractivity contribution >= 4 is 38.6 Å². The molecule has 0 bridgehead atoms. The molecule has 1 unspecified atom stereocenters. The summed E-state index contributed by atoms with van der Waals surface area (Å²) >= 11 is 7.45. The zero-order valence-electron chi connectivity index (χ0n) is 13.3. The molecule has 1 aromatic carbocycles. The molecule has 1 saturated heterocycles. The summed E-state index contributed by atoms with van der Waals surface area (Å²) in [7, 11) is -2.16. The monoisotopic (exact) mass is 378 g/mol. The number of nitrogens with zero attached hydrogens (tertiary/aromatic N) is 2. The van der Waals surface area contributed by atoms with Crippen molar-refractivity contribution in [2.45, 2.75) is 24.5 Å². The third-order valence-electron chi connectivity index (χ3n) is 3.98. The van der Waals surface area contributed by atoms with Gasteiger partial charge in [0.1, 0.15) is 4.90 Å². The molecule has 9 heteroatoms. The first kappa shape index (κ1) is 18.5. The van der Waals surface area contributed by atoms with Gasteiger partial charge in [0.2, 0.25) is 15.7 Å². The zero-order chi connectivity index (χ0) is 17.4. The molecule has 6 nitrogen and oxygen atoms in total. The number of nitrogens with two attached hydrogens (primary N) is 1. The van der Waals surface area contributed by atoms with Gasteiger partial charge in [0, 0.05) is 5.56 Å². The highest BCUT2D eigenvalue weighted by Gasteiger charge is 2.50. The van der Waals surface area contributed by atoms with Crippen LogP contribution in [0.4, 0.5) is 0 Å². The van der Waals surface area contributed by atoms with Gasteiger partial charge >= 0.3 is 5.17 Å². The summed E-state index contributed by atoms with van der Waals surface area (Å²) in [6.07, 6.45) is 0. The first-order valence-electron chi connectivity index (χ1n) is 7.18. The van der Waals surface area contributed by atoms with Crippen LogP contribution in [0.3, 0.4) is 0 Å². The fraction of sp³-hybridized carbons (Fsp3) is 0.500. The number of rotatable bonds is 4. The van der Waals surface area contributed by atoms with Crippen LogP contribution in [-0.4, -0.2) is 54.1 Å². The van der Waals surface area contributed by atoms with E-state index >= 15 is 0 Å². The van der Waals surface area contributed by atoms with Gasteiger partial charge in [-0.05, 0) is 37.7 Å². The molecule has 0 spiro atoms. The van der Waals surface area contributed by atoms with E-state index in [2.05, 4.69) is 4.58 Å². The van der Waals surface area contributed by atoms with Crippen molar-refractivity contribution in [2.24, 2.45) is 5.14 Å². The first-order chi connectivity index (χ1) is 10.6. The number of halogens is 1. The number of aliphatic hydroxyl groups is 1. The SMILES string of the molecule is CC[N+](CC)=C1SCC(O)(c2ccc(Cl)c(S(N)(=O)=O)c2)N1C. The molecule has 23 heavy (non-hydrogen) atoms. The maximum absolute atomic E-state index is 11.7. The summed E-state index contributed by atoms with van der Waals surface area (Å²) in [6.45, 7) is 5.73. The number of thioether (sulfide) groups is 1. The Morgan fingerprint density at radius 1 is 1.43 bits per heavy atom. The van der Waals surface area contributed by atoms with Crippen LogP contribution in [0.5, 0.6) is 0 Å². The fourth-order valence-electron chi connectivity index (χ4n) is 2.56. The summed E-state index contributed by atoms with van der Waals surface area (Å²) in [5, 5.41) is 17.3. The van der Waals surface area contributed by atoms with Gasteiger partial charge in [0.25, 0.3) is 0 Å². The number of hydrogen-bond acceptors (Lipinski definition) is 4. The van der Waals surface area contributed by atoms with Crippen molar-refractivity contribution in [3.63, 3.8) is 0 Å². The van der Waals surface area contributed by atoms with E-state index in [1.807, 2.05) is 13.8 Å². The van der Waals surface area contributed by atoms with Crippen LogP contribution in [0.1, 0.15) is 19.4 Å². The van der Waals surface area contributed by atoms with Crippen LogP contribution in [0.25, 0.3) is 0 Å². The zero-order valence-corrected chi connectivity index (χ0v) is 15.7. The lowest BCUT2D eigenvalue weighted by atomic mass is 10.0. The van der Waals surface area contributed by atoms with E-state index in [4.69, 9.17) is 16.7 Å². The summed E-state index contributed by atoms with van der Waals surface area (Å²) in [4.78, 5) is 1.58. The van der Waals surface area contributed by atoms with E-state index in [0.29, 0.717) is 11.3 Å². The molecule has 1 heterocycles. The van der Waals surface area contributed by atoms with Crippen molar-refractivity contribution in [3.05, 3.63) is 28.8 Å². The molecule has 1 aromatic rings. The average Bonchev–Trinajstić information content (AvgIpc) is 2.78. The molecule has 1 atom stereocenters. The third-order valence-corrected chi connectivity index (χ3v) is 6.71. The highest BCUT2D eigenvalue weighted by atomic mass is 35.5. The molecular formula is C14H21ClN3O3S2+. The predicted octanol–water partition coefficient (Wildman–Crippen LogP) is 1.22. The minimum Gasteiger partial charge on any atom is -0.349 e. The summed E-state index contributed by atoms with van der Waals surface area (Å²) < 4.78 is 25.4. The van der Waals surface area contributed by atoms with Gasteiger partial charge < -0.3 is 5.11 Å². The molecular weight excluding hydrogens is 358 g/mol. The number of primary sulfonamides is 1. The Hall–Kier alpha value is -0.800. The van der Waals surface area contributed by atoms with E-state index in [9.17, 15) is 13.5 Å². The molecule has 0 amide bonds. The Bertz CT molecular complexity index is 746. The van der Waals surface area contributed by atoms with Gasteiger partial charge in [-0.25, -0.2) is 18.5 Å². The van der Waals surface area contributed by atoms with E-state index in [1.54, 1.807) is 18.0 Å². The molecule has 0 aromatic heterocycles. The second-order valence-corrected chi connectivity index (χ2v) is 8.19. The van der Waals surface area contributed by atoms with Crippen molar-refractivity contribution in [2.75, 3.05) is 25.9 Å². The maximum atomic E-state index is 11.7. The van der Waals surface area contributed by atoms with Gasteiger partial charge in [-0.3, -0.25) is 4.58 Å². The van der Waals surface area contributed by atoms with Gasteiger partial charge in [-0.2, -0.15) is 0 Å². The van der Waals surface area contributed by atoms with Crippen LogP contribution >= 0.6 is 23.4 Å². The molecule has 1 fully saturated rings. The summed E-state index contributed by atoms with van der Waals surface area (Å²) in [6, 6.07) is 4.42. The Balaban J connectivity index is 2.53. The highest BCUT2D eigenvalue weighted by molar-refractivity contribution is 8.13. The van der Waals surface area contributed by atoms with Crippen molar-refractivity contribution in [3.8, 4) is 0 Å². The quantitative estimate of drug-likeness (QED) is 0.769. The maximum Gasteiger partial charge on any atom is 0.311 e. The van der Waals surface area contributed by atoms with Gasteiger partial charge in [-0.15, -0.1) is 0 Å². The summed E-state index contributed by atoms with van der Waals surface area (Å²) in [5.74, 6) is 0.390. The Morgan fingerprint density at radius 2 is 2.04 bits per heavy atom. The molecule has 3 N–H and O–H groups in total. The Kier molecular flexibility index (Phi) is 5.32. The number of sulfonamides is 1. The normalized spacial score (nSPS) is 21.8.